The number of carbonyl (C=O) groups is 2. The standard InChI is InChI=1S/C23H32N4O3/c1-4-19-7-5-6-8-21(19)24-22(28)16-26-11-13-27(14-12-26)17-23(29)25(3)15-20-10-9-18(2)30-20/h5-10H,4,11-17H2,1-3H3,(H,24,28). The van der Waals surface area contributed by atoms with Crippen molar-refractivity contribution in [1.29, 1.82) is 0 Å². The second-order valence-corrected chi connectivity index (χ2v) is 7.87. The highest BCUT2D eigenvalue weighted by Crippen LogP contribution is 2.15. The van der Waals surface area contributed by atoms with Gasteiger partial charge < -0.3 is 14.6 Å². The first-order valence-electron chi connectivity index (χ1n) is 10.6. The maximum atomic E-state index is 12.5. The van der Waals surface area contributed by atoms with Crippen LogP contribution in [0.5, 0.6) is 0 Å². The van der Waals surface area contributed by atoms with Gasteiger partial charge in [0.1, 0.15) is 11.5 Å². The predicted octanol–water partition coefficient (Wildman–Crippen LogP) is 2.37. The lowest BCUT2D eigenvalue weighted by Gasteiger charge is -2.34. The van der Waals surface area contributed by atoms with Crippen LogP contribution in [0.4, 0.5) is 5.69 Å². The maximum absolute atomic E-state index is 12.5. The number of benzene rings is 1. The highest BCUT2D eigenvalue weighted by Gasteiger charge is 2.22. The number of piperazine rings is 1. The van der Waals surface area contributed by atoms with Crippen molar-refractivity contribution >= 4 is 17.5 Å². The van der Waals surface area contributed by atoms with E-state index in [1.807, 2.05) is 43.3 Å². The molecule has 0 aliphatic carbocycles. The Balaban J connectivity index is 1.40. The first kappa shape index (κ1) is 22.1. The molecule has 7 heteroatoms. The van der Waals surface area contributed by atoms with Crippen LogP contribution in [0, 0.1) is 6.92 Å². The van der Waals surface area contributed by atoms with Crippen LogP contribution < -0.4 is 5.32 Å². The van der Waals surface area contributed by atoms with Crippen LogP contribution in [0.1, 0.15) is 24.0 Å². The Bertz CT molecular complexity index is 856. The average Bonchev–Trinajstić information content (AvgIpc) is 3.14. The average molecular weight is 413 g/mol. The van der Waals surface area contributed by atoms with E-state index in [9.17, 15) is 9.59 Å². The van der Waals surface area contributed by atoms with Gasteiger partial charge in [-0.25, -0.2) is 0 Å². The molecule has 0 unspecified atom stereocenters. The van der Waals surface area contributed by atoms with E-state index in [0.29, 0.717) is 19.6 Å². The van der Waals surface area contributed by atoms with Crippen molar-refractivity contribution in [2.24, 2.45) is 0 Å². The molecule has 0 saturated carbocycles. The van der Waals surface area contributed by atoms with Crippen LogP contribution >= 0.6 is 0 Å². The summed E-state index contributed by atoms with van der Waals surface area (Å²) in [4.78, 5) is 30.9. The minimum atomic E-state index is 0.00824. The number of hydrogen-bond acceptors (Lipinski definition) is 5. The zero-order valence-electron chi connectivity index (χ0n) is 18.2. The van der Waals surface area contributed by atoms with Crippen LogP contribution in [-0.2, 0) is 22.6 Å². The monoisotopic (exact) mass is 412 g/mol. The van der Waals surface area contributed by atoms with E-state index >= 15 is 0 Å². The summed E-state index contributed by atoms with van der Waals surface area (Å²) >= 11 is 0. The summed E-state index contributed by atoms with van der Waals surface area (Å²) in [6.07, 6.45) is 0.886. The number of furan rings is 1. The smallest absolute Gasteiger partial charge is 0.238 e. The first-order chi connectivity index (χ1) is 14.4. The van der Waals surface area contributed by atoms with Crippen molar-refractivity contribution in [2.45, 2.75) is 26.8 Å². The van der Waals surface area contributed by atoms with Gasteiger partial charge in [-0.2, -0.15) is 0 Å². The third kappa shape index (κ3) is 6.18. The molecule has 162 valence electrons. The molecule has 7 nitrogen and oxygen atoms in total. The maximum Gasteiger partial charge on any atom is 0.238 e. The van der Waals surface area contributed by atoms with Gasteiger partial charge in [-0.1, -0.05) is 25.1 Å². The molecule has 0 atom stereocenters. The summed E-state index contributed by atoms with van der Waals surface area (Å²) in [5.41, 5.74) is 2.03. The number of hydrogen-bond donors (Lipinski definition) is 1. The quantitative estimate of drug-likeness (QED) is 0.721. The van der Waals surface area contributed by atoms with E-state index < -0.39 is 0 Å². The number of nitrogens with zero attached hydrogens (tertiary/aromatic N) is 3. The lowest BCUT2D eigenvalue weighted by Crippen LogP contribution is -2.51. The van der Waals surface area contributed by atoms with Crippen molar-refractivity contribution in [3.8, 4) is 0 Å². The minimum Gasteiger partial charge on any atom is -0.464 e. The van der Waals surface area contributed by atoms with Gasteiger partial charge in [0.25, 0.3) is 0 Å². The molecule has 0 spiro atoms. The minimum absolute atomic E-state index is 0.00824. The van der Waals surface area contributed by atoms with Crippen LogP contribution in [0.15, 0.2) is 40.8 Å². The van der Waals surface area contributed by atoms with Gasteiger partial charge in [0.05, 0.1) is 19.6 Å². The van der Waals surface area contributed by atoms with Gasteiger partial charge in [0.2, 0.25) is 11.8 Å². The Labute approximate surface area is 178 Å². The molecule has 0 radical (unpaired) electrons. The molecular formula is C23H32N4O3. The molecular weight excluding hydrogens is 380 g/mol. The van der Waals surface area contributed by atoms with E-state index in [0.717, 1.165) is 55.4 Å². The number of nitrogens with one attached hydrogen (secondary N) is 1. The van der Waals surface area contributed by atoms with E-state index in [1.165, 1.54) is 0 Å². The van der Waals surface area contributed by atoms with E-state index in [4.69, 9.17) is 4.42 Å². The number of aryl methyl sites for hydroxylation is 2. The van der Waals surface area contributed by atoms with Gasteiger partial charge in [-0.15, -0.1) is 0 Å². The van der Waals surface area contributed by atoms with Crippen LogP contribution in [0.2, 0.25) is 0 Å². The molecule has 30 heavy (non-hydrogen) atoms. The Morgan fingerprint density at radius 3 is 2.33 bits per heavy atom. The number of carbonyl (C=O) groups excluding carboxylic acids is 2. The molecule has 1 aromatic carbocycles. The summed E-state index contributed by atoms with van der Waals surface area (Å²) in [6, 6.07) is 11.7. The van der Waals surface area contributed by atoms with E-state index in [-0.39, 0.29) is 11.8 Å². The number of anilines is 1. The molecule has 2 heterocycles. The fraction of sp³-hybridized carbons (Fsp3) is 0.478. The third-order valence-electron chi connectivity index (χ3n) is 5.48. The SMILES string of the molecule is CCc1ccccc1NC(=O)CN1CCN(CC(=O)N(C)Cc2ccc(C)o2)CC1. The van der Waals surface area contributed by atoms with Crippen molar-refractivity contribution < 1.29 is 14.0 Å². The molecule has 3 rings (SSSR count). The first-order valence-corrected chi connectivity index (χ1v) is 10.6. The largest absolute Gasteiger partial charge is 0.464 e. The molecule has 1 aromatic heterocycles. The summed E-state index contributed by atoms with van der Waals surface area (Å²) in [6.45, 7) is 8.32. The highest BCUT2D eigenvalue weighted by atomic mass is 16.3. The molecule has 1 aliphatic rings. The van der Waals surface area contributed by atoms with Gasteiger partial charge in [-0.05, 0) is 37.1 Å². The van der Waals surface area contributed by atoms with Crippen molar-refractivity contribution in [1.82, 2.24) is 14.7 Å². The van der Waals surface area contributed by atoms with Gasteiger partial charge >= 0.3 is 0 Å². The lowest BCUT2D eigenvalue weighted by molar-refractivity contribution is -0.132. The zero-order chi connectivity index (χ0) is 21.5. The fourth-order valence-corrected chi connectivity index (χ4v) is 3.65. The molecule has 1 fully saturated rings. The Kier molecular flexibility index (Phi) is 7.65. The van der Waals surface area contributed by atoms with E-state index in [2.05, 4.69) is 22.0 Å². The molecule has 0 bridgehead atoms. The topological polar surface area (TPSA) is 69.0 Å². The second-order valence-electron chi connectivity index (χ2n) is 7.87. The van der Waals surface area contributed by atoms with Crippen molar-refractivity contribution in [3.63, 3.8) is 0 Å². The summed E-state index contributed by atoms with van der Waals surface area (Å²) in [5.74, 6) is 1.73. The van der Waals surface area contributed by atoms with E-state index in [1.54, 1.807) is 11.9 Å². The second kappa shape index (κ2) is 10.4. The molecule has 1 saturated heterocycles. The normalized spacial score (nSPS) is 15.2. The number of likely N-dealkylation sites (N-methyl/N-ethyl adjacent to an activating group) is 1. The number of para-hydroxylation sites is 1. The Hall–Kier alpha value is -2.64. The third-order valence-corrected chi connectivity index (χ3v) is 5.48. The zero-order valence-corrected chi connectivity index (χ0v) is 18.2. The predicted molar refractivity (Wildman–Crippen MR) is 117 cm³/mol. The fourth-order valence-electron chi connectivity index (χ4n) is 3.65. The summed E-state index contributed by atoms with van der Waals surface area (Å²) in [7, 11) is 1.80. The van der Waals surface area contributed by atoms with Crippen molar-refractivity contribution in [3.05, 3.63) is 53.5 Å². The van der Waals surface area contributed by atoms with Gasteiger partial charge in [-0.3, -0.25) is 19.4 Å². The number of amides is 2. The lowest BCUT2D eigenvalue weighted by atomic mass is 10.1. The Morgan fingerprint density at radius 2 is 1.70 bits per heavy atom. The molecule has 2 aromatic rings. The molecule has 1 aliphatic heterocycles. The van der Waals surface area contributed by atoms with Crippen molar-refractivity contribution in [2.75, 3.05) is 51.6 Å². The number of rotatable bonds is 8. The van der Waals surface area contributed by atoms with Crippen LogP contribution in [0.3, 0.4) is 0 Å². The molecule has 2 amide bonds. The Morgan fingerprint density at radius 1 is 1.03 bits per heavy atom. The molecule has 1 N–H and O–H groups in total. The highest BCUT2D eigenvalue weighted by molar-refractivity contribution is 5.93. The van der Waals surface area contributed by atoms with Crippen LogP contribution in [0.25, 0.3) is 0 Å². The van der Waals surface area contributed by atoms with Gasteiger partial charge in [0.15, 0.2) is 0 Å². The van der Waals surface area contributed by atoms with Crippen LogP contribution in [-0.4, -0.2) is 72.8 Å². The van der Waals surface area contributed by atoms with Gasteiger partial charge in [0, 0.05) is 38.9 Å². The summed E-state index contributed by atoms with van der Waals surface area (Å²) in [5, 5.41) is 3.03. The summed E-state index contributed by atoms with van der Waals surface area (Å²) < 4.78 is 5.55.